The molecule has 0 aliphatic carbocycles. The first-order chi connectivity index (χ1) is 14.0. The van der Waals surface area contributed by atoms with Crippen LogP contribution in [0.3, 0.4) is 0 Å². The van der Waals surface area contributed by atoms with Crippen LogP contribution in [0, 0.1) is 40.7 Å². The second-order valence-corrected chi connectivity index (χ2v) is 5.70. The number of carbonyl (C=O) groups excluding carboxylic acids is 1. The Bertz CT molecular complexity index is 1150. The molecule has 0 atom stereocenters. The van der Waals surface area contributed by atoms with E-state index in [4.69, 9.17) is 0 Å². The summed E-state index contributed by atoms with van der Waals surface area (Å²) in [6.45, 7) is 0. The molecule has 3 rings (SSSR count). The van der Waals surface area contributed by atoms with Crippen molar-refractivity contribution in [1.29, 1.82) is 0 Å². The number of ketones is 1. The quantitative estimate of drug-likeness (QED) is 0.184. The number of aromatic nitrogens is 2. The summed E-state index contributed by atoms with van der Waals surface area (Å²) in [6.07, 6.45) is -3.70. The number of aromatic hydroxyl groups is 1. The molecule has 1 N–H and O–H groups in total. The molecule has 0 aliphatic heterocycles. The van der Waals surface area contributed by atoms with E-state index in [1.165, 1.54) is 0 Å². The van der Waals surface area contributed by atoms with E-state index >= 15 is 0 Å². The fraction of sp³-hybridized carbons (Fsp3) is 0.0588. The first-order valence-electron chi connectivity index (χ1n) is 7.58. The van der Waals surface area contributed by atoms with Gasteiger partial charge in [-0.2, -0.15) is 9.78 Å². The molecule has 0 saturated heterocycles. The van der Waals surface area contributed by atoms with Gasteiger partial charge < -0.3 is 5.11 Å². The maximum absolute atomic E-state index is 14.0. The number of carbonyl (C=O) groups is 1. The van der Waals surface area contributed by atoms with Gasteiger partial charge in [-0.1, -0.05) is 0 Å². The molecule has 1 aromatic heterocycles. The summed E-state index contributed by atoms with van der Waals surface area (Å²) in [7, 11) is 0. The zero-order valence-electron chi connectivity index (χ0n) is 14.3. The fourth-order valence-electron chi connectivity index (χ4n) is 2.53. The van der Waals surface area contributed by atoms with Crippen LogP contribution in [0.15, 0.2) is 18.2 Å². The summed E-state index contributed by atoms with van der Waals surface area (Å²) in [6, 6.07) is 0.00443. The summed E-state index contributed by atoms with van der Waals surface area (Å²) in [5.74, 6) is -17.5. The molecule has 3 aromatic rings. The van der Waals surface area contributed by atoms with Crippen molar-refractivity contribution in [2.24, 2.45) is 0 Å². The van der Waals surface area contributed by atoms with Gasteiger partial charge >= 0.3 is 0 Å². The summed E-state index contributed by atoms with van der Waals surface area (Å²) in [4.78, 5) is 12.4. The van der Waals surface area contributed by atoms with Crippen LogP contribution >= 0.6 is 0 Å². The minimum Gasteiger partial charge on any atom is -0.493 e. The Balaban J connectivity index is 0.00000341. The molecule has 0 bridgehead atoms. The fourth-order valence-corrected chi connectivity index (χ4v) is 2.53. The molecule has 0 amide bonds. The van der Waals surface area contributed by atoms with Crippen LogP contribution in [0.25, 0.3) is 5.69 Å². The average molecular weight is 504 g/mol. The van der Waals surface area contributed by atoms with Gasteiger partial charge in [0.25, 0.3) is 6.43 Å². The summed E-state index contributed by atoms with van der Waals surface area (Å²) >= 11 is 0. The number of hydrogen-bond acceptors (Lipinski definition) is 3. The Kier molecular flexibility index (Phi) is 6.76. The SMILES string of the molecule is O=C(c1cc(F)c(F)c(F)c1)c1c(C(F)F)nn(-c2c(F)c(F)cc(F)c2F)c1O.[Cu]. The number of nitrogens with zero attached hydrogens (tertiary/aromatic N) is 2. The Morgan fingerprint density at radius 1 is 0.839 bits per heavy atom. The van der Waals surface area contributed by atoms with Gasteiger partial charge in [0.2, 0.25) is 11.7 Å². The van der Waals surface area contributed by atoms with Crippen LogP contribution in [-0.2, 0) is 17.1 Å². The van der Waals surface area contributed by atoms with Crippen molar-refractivity contribution in [3.8, 4) is 11.6 Å². The van der Waals surface area contributed by atoms with E-state index in [1.807, 2.05) is 0 Å². The third-order valence-corrected chi connectivity index (χ3v) is 3.87. The van der Waals surface area contributed by atoms with Crippen LogP contribution < -0.4 is 0 Å². The van der Waals surface area contributed by atoms with Crippen molar-refractivity contribution >= 4 is 5.78 Å². The van der Waals surface area contributed by atoms with Gasteiger partial charge in [-0.05, 0) is 12.1 Å². The van der Waals surface area contributed by atoms with E-state index in [2.05, 4.69) is 5.10 Å². The molecule has 0 saturated carbocycles. The van der Waals surface area contributed by atoms with Gasteiger partial charge in [0.05, 0.1) is 0 Å². The average Bonchev–Trinajstić information content (AvgIpc) is 3.01. The zero-order chi connectivity index (χ0) is 22.5. The molecule has 14 heteroatoms. The van der Waals surface area contributed by atoms with Crippen LogP contribution in [-0.4, -0.2) is 20.7 Å². The van der Waals surface area contributed by atoms with Crippen molar-refractivity contribution < 1.29 is 66.5 Å². The molecule has 0 unspecified atom stereocenters. The largest absolute Gasteiger partial charge is 0.493 e. The van der Waals surface area contributed by atoms with E-state index in [1.54, 1.807) is 0 Å². The summed E-state index contributed by atoms with van der Waals surface area (Å²) < 4.78 is 121. The Morgan fingerprint density at radius 2 is 1.29 bits per heavy atom. The van der Waals surface area contributed by atoms with E-state index in [0.717, 1.165) is 0 Å². The molecule has 169 valence electrons. The maximum atomic E-state index is 14.0. The minimum absolute atomic E-state index is 0. The smallest absolute Gasteiger partial charge is 0.283 e. The Morgan fingerprint density at radius 3 is 1.74 bits per heavy atom. The summed E-state index contributed by atoms with van der Waals surface area (Å²) in [5.41, 5.74) is -5.97. The standard InChI is InChI=1S/C17H5F9N2O2.Cu/c18-5-1-4(2-6(19)10(5)22)15(29)9-13(16(25)26)27-28(17(9)30)14-11(23)7(20)3-8(21)12(14)24;/h1-3,16,30H;. The van der Waals surface area contributed by atoms with Gasteiger partial charge in [-0.15, -0.1) is 0 Å². The van der Waals surface area contributed by atoms with Crippen LogP contribution in [0.5, 0.6) is 5.88 Å². The predicted molar refractivity (Wildman–Crippen MR) is 79.8 cm³/mol. The molecule has 4 nitrogen and oxygen atoms in total. The first kappa shape index (κ1) is 24.3. The van der Waals surface area contributed by atoms with E-state index in [9.17, 15) is 49.4 Å². The van der Waals surface area contributed by atoms with Gasteiger partial charge in [-0.25, -0.2) is 39.5 Å². The van der Waals surface area contributed by atoms with Crippen molar-refractivity contribution in [1.82, 2.24) is 9.78 Å². The topological polar surface area (TPSA) is 55.1 Å². The second-order valence-electron chi connectivity index (χ2n) is 5.70. The number of benzene rings is 2. The number of alkyl halides is 2. The Labute approximate surface area is 176 Å². The number of rotatable bonds is 4. The maximum Gasteiger partial charge on any atom is 0.283 e. The summed E-state index contributed by atoms with van der Waals surface area (Å²) in [5, 5.41) is 13.0. The van der Waals surface area contributed by atoms with Gasteiger partial charge in [0.1, 0.15) is 16.9 Å². The molecule has 1 radical (unpaired) electrons. The van der Waals surface area contributed by atoms with Gasteiger partial charge in [0, 0.05) is 28.7 Å². The van der Waals surface area contributed by atoms with Crippen LogP contribution in [0.1, 0.15) is 28.0 Å². The van der Waals surface area contributed by atoms with Crippen LogP contribution in [0.4, 0.5) is 39.5 Å². The predicted octanol–water partition coefficient (Wildman–Crippen LogP) is 4.72. The van der Waals surface area contributed by atoms with E-state index < -0.39 is 86.0 Å². The van der Waals surface area contributed by atoms with Crippen LogP contribution in [0.2, 0.25) is 0 Å². The molecular formula is C17H5CuF9N2O2. The Hall–Kier alpha value is -2.99. The third kappa shape index (κ3) is 4.00. The van der Waals surface area contributed by atoms with Crippen molar-refractivity contribution in [3.05, 3.63) is 75.7 Å². The monoisotopic (exact) mass is 503 g/mol. The molecule has 2 aromatic carbocycles. The van der Waals surface area contributed by atoms with Crippen molar-refractivity contribution in [2.45, 2.75) is 6.43 Å². The molecule has 31 heavy (non-hydrogen) atoms. The van der Waals surface area contributed by atoms with E-state index in [0.29, 0.717) is 0 Å². The van der Waals surface area contributed by atoms with E-state index in [-0.39, 0.29) is 35.3 Å². The number of halogens is 9. The third-order valence-electron chi connectivity index (χ3n) is 3.87. The molecule has 0 spiro atoms. The molecule has 0 fully saturated rings. The zero-order valence-corrected chi connectivity index (χ0v) is 15.2. The normalized spacial score (nSPS) is 11.0. The van der Waals surface area contributed by atoms with Crippen molar-refractivity contribution in [3.63, 3.8) is 0 Å². The molecule has 1 heterocycles. The van der Waals surface area contributed by atoms with Gasteiger partial charge in [0.15, 0.2) is 40.7 Å². The second kappa shape index (κ2) is 8.63. The molecular weight excluding hydrogens is 499 g/mol. The first-order valence-corrected chi connectivity index (χ1v) is 7.58. The number of hydrogen-bond donors (Lipinski definition) is 1. The minimum atomic E-state index is -3.70. The molecule has 0 aliphatic rings. The van der Waals surface area contributed by atoms with Gasteiger partial charge in [-0.3, -0.25) is 4.79 Å². The van der Waals surface area contributed by atoms with Crippen molar-refractivity contribution in [2.75, 3.05) is 0 Å².